The predicted molar refractivity (Wildman–Crippen MR) is 75.9 cm³/mol. The van der Waals surface area contributed by atoms with Crippen LogP contribution in [0.25, 0.3) is 0 Å². The molecule has 0 fully saturated rings. The van der Waals surface area contributed by atoms with Crippen LogP contribution in [0.5, 0.6) is 0 Å². The van der Waals surface area contributed by atoms with Crippen molar-refractivity contribution in [2.75, 3.05) is 0 Å². The lowest BCUT2D eigenvalue weighted by molar-refractivity contribution is 0.364. The zero-order valence-electron chi connectivity index (χ0n) is 11.3. The molecule has 0 heterocycles. The molecule has 0 nitrogen and oxygen atoms in total. The lowest BCUT2D eigenvalue weighted by atomic mass is 9.67. The van der Waals surface area contributed by atoms with E-state index in [-0.39, 0.29) is 5.38 Å². The van der Waals surface area contributed by atoms with Gasteiger partial charge in [-0.1, -0.05) is 52.0 Å². The molecule has 0 N–H and O–H groups in total. The highest BCUT2D eigenvalue weighted by atomic mass is 35.5. The second-order valence-corrected chi connectivity index (χ2v) is 6.81. The van der Waals surface area contributed by atoms with E-state index in [2.05, 4.69) is 52.0 Å². The molecule has 1 aromatic carbocycles. The van der Waals surface area contributed by atoms with Crippen molar-refractivity contribution in [1.29, 1.82) is 0 Å². The predicted octanol–water partition coefficient (Wildman–Crippen LogP) is 5.11. The summed E-state index contributed by atoms with van der Waals surface area (Å²) in [6, 6.07) is 8.86. The van der Waals surface area contributed by atoms with Crippen molar-refractivity contribution in [3.05, 3.63) is 35.4 Å². The summed E-state index contributed by atoms with van der Waals surface area (Å²) in [5.74, 6) is 1.07. The van der Waals surface area contributed by atoms with Crippen molar-refractivity contribution in [3.63, 3.8) is 0 Å². The molecule has 2 unspecified atom stereocenters. The minimum Gasteiger partial charge on any atom is -0.122 e. The molecule has 0 aromatic heterocycles. The lowest BCUT2D eigenvalue weighted by Crippen LogP contribution is -2.31. The molecule has 0 amide bonds. The van der Waals surface area contributed by atoms with Crippen LogP contribution in [0.15, 0.2) is 24.3 Å². The van der Waals surface area contributed by atoms with E-state index < -0.39 is 0 Å². The minimum absolute atomic E-state index is 0.257. The quantitative estimate of drug-likeness (QED) is 0.641. The second-order valence-electron chi connectivity index (χ2n) is 6.30. The van der Waals surface area contributed by atoms with Crippen LogP contribution in [0.2, 0.25) is 0 Å². The molecule has 17 heavy (non-hydrogen) atoms. The van der Waals surface area contributed by atoms with Gasteiger partial charge in [-0.2, -0.15) is 0 Å². The number of rotatable bonds is 2. The minimum atomic E-state index is 0.257. The summed E-state index contributed by atoms with van der Waals surface area (Å²) in [5.41, 5.74) is 3.29. The van der Waals surface area contributed by atoms with Crippen LogP contribution < -0.4 is 0 Å². The Morgan fingerprint density at radius 1 is 1.24 bits per heavy atom. The number of halogens is 1. The molecule has 2 rings (SSSR count). The largest absolute Gasteiger partial charge is 0.122 e. The molecule has 1 heteroatoms. The summed E-state index contributed by atoms with van der Waals surface area (Å²) < 4.78 is 0. The first-order valence-electron chi connectivity index (χ1n) is 6.67. The van der Waals surface area contributed by atoms with Gasteiger partial charge in [0.1, 0.15) is 0 Å². The van der Waals surface area contributed by atoms with Gasteiger partial charge >= 0.3 is 0 Å². The Balaban J connectivity index is 2.42. The molecule has 0 radical (unpaired) electrons. The highest BCUT2D eigenvalue weighted by Crippen LogP contribution is 2.46. The van der Waals surface area contributed by atoms with E-state index in [9.17, 15) is 0 Å². The van der Waals surface area contributed by atoms with Crippen molar-refractivity contribution >= 4 is 11.6 Å². The molecule has 1 aliphatic rings. The van der Waals surface area contributed by atoms with Gasteiger partial charge in [0.25, 0.3) is 0 Å². The van der Waals surface area contributed by atoms with Gasteiger partial charge < -0.3 is 0 Å². The summed E-state index contributed by atoms with van der Waals surface area (Å²) in [6.45, 7) is 9.14. The van der Waals surface area contributed by atoms with E-state index in [1.807, 2.05) is 0 Å². The van der Waals surface area contributed by atoms with Crippen LogP contribution >= 0.6 is 11.6 Å². The van der Waals surface area contributed by atoms with Crippen LogP contribution in [0.3, 0.4) is 0 Å². The summed E-state index contributed by atoms with van der Waals surface area (Å²) in [5, 5.41) is 0.257. The molecule has 1 aromatic rings. The molecule has 1 aliphatic carbocycles. The van der Waals surface area contributed by atoms with Crippen molar-refractivity contribution in [2.24, 2.45) is 5.92 Å². The smallest absolute Gasteiger partial charge is 0.0427 e. The number of hydrogen-bond donors (Lipinski definition) is 0. The third-order valence-electron chi connectivity index (χ3n) is 4.19. The molecular formula is C16H23Cl. The van der Waals surface area contributed by atoms with Gasteiger partial charge in [-0.3, -0.25) is 0 Å². The monoisotopic (exact) mass is 250 g/mol. The van der Waals surface area contributed by atoms with Crippen LogP contribution in [0.1, 0.15) is 57.6 Å². The molecule has 94 valence electrons. The third kappa shape index (κ3) is 2.38. The highest BCUT2D eigenvalue weighted by Gasteiger charge is 2.35. The topological polar surface area (TPSA) is 0 Å². The summed E-state index contributed by atoms with van der Waals surface area (Å²) in [6.07, 6.45) is 2.46. The molecular weight excluding hydrogens is 228 g/mol. The van der Waals surface area contributed by atoms with E-state index >= 15 is 0 Å². The molecule has 0 saturated carbocycles. The van der Waals surface area contributed by atoms with Gasteiger partial charge in [-0.25, -0.2) is 0 Å². The van der Waals surface area contributed by atoms with Gasteiger partial charge in [0, 0.05) is 11.3 Å². The summed E-state index contributed by atoms with van der Waals surface area (Å²) in [4.78, 5) is 0. The fraction of sp³-hybridized carbons (Fsp3) is 0.625. The zero-order chi connectivity index (χ0) is 12.6. The van der Waals surface area contributed by atoms with E-state index in [1.54, 1.807) is 0 Å². The Morgan fingerprint density at radius 3 is 2.53 bits per heavy atom. The number of hydrogen-bond acceptors (Lipinski definition) is 0. The highest BCUT2D eigenvalue weighted by molar-refractivity contribution is 6.21. The first kappa shape index (κ1) is 13.0. The average Bonchev–Trinajstić information content (AvgIpc) is 2.28. The fourth-order valence-corrected chi connectivity index (χ4v) is 3.30. The maximum atomic E-state index is 6.62. The zero-order valence-corrected chi connectivity index (χ0v) is 12.1. The molecule has 0 saturated heterocycles. The number of benzene rings is 1. The van der Waals surface area contributed by atoms with Crippen molar-refractivity contribution in [1.82, 2.24) is 0 Å². The first-order valence-corrected chi connectivity index (χ1v) is 7.10. The second kappa shape index (κ2) is 4.65. The Bertz CT molecular complexity index is 392. The van der Waals surface area contributed by atoms with E-state index in [0.29, 0.717) is 17.3 Å². The lowest BCUT2D eigenvalue weighted by Gasteiger charge is -2.39. The maximum Gasteiger partial charge on any atom is 0.0427 e. The molecule has 2 atom stereocenters. The van der Waals surface area contributed by atoms with Gasteiger partial charge in [0.2, 0.25) is 0 Å². The average molecular weight is 251 g/mol. The SMILES string of the molecule is CC(C)C(Cl)C1CCC(C)(C)c2ccccc21. The fourth-order valence-electron chi connectivity index (χ4n) is 3.04. The standard InChI is InChI=1S/C16H23Cl/c1-11(2)15(17)13-9-10-16(3,4)14-8-6-5-7-12(13)14/h5-8,11,13,15H,9-10H2,1-4H3. The summed E-state index contributed by atoms with van der Waals surface area (Å²) in [7, 11) is 0. The van der Waals surface area contributed by atoms with Gasteiger partial charge in [-0.15, -0.1) is 11.6 Å². The van der Waals surface area contributed by atoms with Gasteiger partial charge in [0.05, 0.1) is 0 Å². The van der Waals surface area contributed by atoms with Crippen LogP contribution in [-0.2, 0) is 5.41 Å². The Hall–Kier alpha value is -0.490. The van der Waals surface area contributed by atoms with Crippen molar-refractivity contribution in [3.8, 4) is 0 Å². The Kier molecular flexibility index (Phi) is 3.54. The normalized spacial score (nSPS) is 24.5. The van der Waals surface area contributed by atoms with Gasteiger partial charge in [-0.05, 0) is 35.3 Å². The Labute approximate surface area is 110 Å². The van der Waals surface area contributed by atoms with Crippen LogP contribution in [0, 0.1) is 5.92 Å². The molecule has 0 aliphatic heterocycles. The van der Waals surface area contributed by atoms with Crippen LogP contribution in [-0.4, -0.2) is 5.38 Å². The molecule has 0 bridgehead atoms. The van der Waals surface area contributed by atoms with Gasteiger partial charge in [0.15, 0.2) is 0 Å². The summed E-state index contributed by atoms with van der Waals surface area (Å²) >= 11 is 6.62. The van der Waals surface area contributed by atoms with E-state index in [1.165, 1.54) is 24.0 Å². The number of alkyl halides is 1. The number of fused-ring (bicyclic) bond motifs is 1. The maximum absolute atomic E-state index is 6.62. The van der Waals surface area contributed by atoms with Crippen molar-refractivity contribution < 1.29 is 0 Å². The third-order valence-corrected chi connectivity index (χ3v) is 5.00. The van der Waals surface area contributed by atoms with Crippen LogP contribution in [0.4, 0.5) is 0 Å². The first-order chi connectivity index (χ1) is 7.93. The van der Waals surface area contributed by atoms with E-state index in [0.717, 1.165) is 0 Å². The molecule has 0 spiro atoms. The Morgan fingerprint density at radius 2 is 1.88 bits per heavy atom. The van der Waals surface area contributed by atoms with E-state index in [4.69, 9.17) is 11.6 Å². The van der Waals surface area contributed by atoms with Crippen molar-refractivity contribution in [2.45, 2.75) is 57.2 Å².